The second-order valence-electron chi connectivity index (χ2n) is 1.50. The Labute approximate surface area is 72.9 Å². The van der Waals surface area contributed by atoms with E-state index in [0.29, 0.717) is 6.61 Å². The van der Waals surface area contributed by atoms with Gasteiger partial charge in [0.2, 0.25) is 0 Å². The van der Waals surface area contributed by atoms with Crippen LogP contribution in [0, 0.1) is 0 Å². The molecule has 11 heavy (non-hydrogen) atoms. The van der Waals surface area contributed by atoms with Crippen LogP contribution < -0.4 is 0 Å². The normalized spacial score (nSPS) is 9.55. The van der Waals surface area contributed by atoms with Gasteiger partial charge < -0.3 is 9.47 Å². The van der Waals surface area contributed by atoms with Gasteiger partial charge in [0.25, 0.3) is 0 Å². The van der Waals surface area contributed by atoms with Crippen LogP contribution in [-0.2, 0) is 9.47 Å². The molecule has 0 fully saturated rings. The summed E-state index contributed by atoms with van der Waals surface area (Å²) < 4.78 is 9.64. The minimum absolute atomic E-state index is 0. The fourth-order valence-electron chi connectivity index (χ4n) is 0.303. The second kappa shape index (κ2) is 22.5. The first kappa shape index (κ1) is 22.4. The van der Waals surface area contributed by atoms with Crippen molar-refractivity contribution in [3.05, 3.63) is 0 Å². The van der Waals surface area contributed by atoms with E-state index >= 15 is 0 Å². The predicted molar refractivity (Wildman–Crippen MR) is 53.2 cm³/mol. The first-order valence-electron chi connectivity index (χ1n) is 3.33. The van der Waals surface area contributed by atoms with Gasteiger partial charge in [0.1, 0.15) is 0 Å². The van der Waals surface area contributed by atoms with Gasteiger partial charge in [0.15, 0.2) is 0 Å². The van der Waals surface area contributed by atoms with Crippen molar-refractivity contribution in [2.45, 2.75) is 41.7 Å². The van der Waals surface area contributed by atoms with Crippen LogP contribution in [0.4, 0.5) is 0 Å². The van der Waals surface area contributed by atoms with Gasteiger partial charge >= 0.3 is 0 Å². The fraction of sp³-hybridized carbons (Fsp3) is 1.00. The number of ether oxygens (including phenoxy) is 2. The van der Waals surface area contributed by atoms with Crippen LogP contribution in [0.1, 0.15) is 35.6 Å². The zero-order valence-corrected chi connectivity index (χ0v) is 7.10. The fourth-order valence-corrected chi connectivity index (χ4v) is 0.303. The summed E-state index contributed by atoms with van der Waals surface area (Å²) in [6.45, 7) is 6.64. The molecule has 0 radical (unpaired) electrons. The molecule has 0 saturated carbocycles. The standard InChI is InChI=1S/C5H12O2.C2H6.2CH4/c1-5(7-3)4-6-2;1-2;;/h5H,4H2,1-3H3;1-2H3;2*1H4. The van der Waals surface area contributed by atoms with Crippen molar-refractivity contribution in [1.29, 1.82) is 0 Å². The van der Waals surface area contributed by atoms with E-state index in [2.05, 4.69) is 0 Å². The third-order valence-electron chi connectivity index (χ3n) is 0.804. The molecule has 0 aliphatic carbocycles. The van der Waals surface area contributed by atoms with Gasteiger partial charge in [-0.1, -0.05) is 28.7 Å². The molecule has 0 aliphatic rings. The van der Waals surface area contributed by atoms with E-state index in [-0.39, 0.29) is 21.0 Å². The molecular formula is C9H26O2. The maximum Gasteiger partial charge on any atom is 0.0776 e. The first-order chi connectivity index (χ1) is 4.31. The van der Waals surface area contributed by atoms with Gasteiger partial charge in [-0.2, -0.15) is 0 Å². The summed E-state index contributed by atoms with van der Waals surface area (Å²) in [6.07, 6.45) is 0.227. The van der Waals surface area contributed by atoms with Crippen LogP contribution in [0.5, 0.6) is 0 Å². The molecule has 1 atom stereocenters. The Morgan fingerprint density at radius 1 is 1.09 bits per heavy atom. The van der Waals surface area contributed by atoms with Gasteiger partial charge in [0, 0.05) is 14.2 Å². The van der Waals surface area contributed by atoms with E-state index in [1.165, 1.54) is 0 Å². The maximum absolute atomic E-state index is 4.87. The lowest BCUT2D eigenvalue weighted by molar-refractivity contribution is 0.0401. The summed E-state index contributed by atoms with van der Waals surface area (Å²) in [7, 11) is 3.33. The molecule has 0 aromatic rings. The van der Waals surface area contributed by atoms with Gasteiger partial charge in [-0.15, -0.1) is 0 Å². The summed E-state index contributed by atoms with van der Waals surface area (Å²) in [4.78, 5) is 0. The Morgan fingerprint density at radius 3 is 1.55 bits per heavy atom. The zero-order valence-electron chi connectivity index (χ0n) is 7.10. The second-order valence-corrected chi connectivity index (χ2v) is 1.50. The summed E-state index contributed by atoms with van der Waals surface area (Å²) in [5.74, 6) is 0. The van der Waals surface area contributed by atoms with E-state index in [1.54, 1.807) is 14.2 Å². The SMILES string of the molecule is C.C.CC.COCC(C)OC. The molecule has 1 unspecified atom stereocenters. The summed E-state index contributed by atoms with van der Waals surface area (Å²) in [6, 6.07) is 0. The van der Waals surface area contributed by atoms with Crippen molar-refractivity contribution < 1.29 is 9.47 Å². The average molecular weight is 166 g/mol. The van der Waals surface area contributed by atoms with E-state index < -0.39 is 0 Å². The lowest BCUT2D eigenvalue weighted by atomic mass is 10.4. The zero-order chi connectivity index (χ0) is 7.70. The van der Waals surface area contributed by atoms with Gasteiger partial charge in [-0.05, 0) is 6.92 Å². The molecule has 2 heteroatoms. The third-order valence-corrected chi connectivity index (χ3v) is 0.804. The van der Waals surface area contributed by atoms with Crippen LogP contribution in [0.3, 0.4) is 0 Å². The van der Waals surface area contributed by atoms with E-state index in [4.69, 9.17) is 9.47 Å². The van der Waals surface area contributed by atoms with Crippen LogP contribution in [0.15, 0.2) is 0 Å². The lowest BCUT2D eigenvalue weighted by Gasteiger charge is -2.05. The Morgan fingerprint density at radius 2 is 1.45 bits per heavy atom. The molecule has 0 amide bonds. The highest BCUT2D eigenvalue weighted by Gasteiger charge is 1.93. The Bertz CT molecular complexity index is 38.5. The predicted octanol–water partition coefficient (Wildman–Crippen LogP) is 2.97. The van der Waals surface area contributed by atoms with Crippen molar-refractivity contribution in [2.75, 3.05) is 20.8 Å². The average Bonchev–Trinajstić information content (AvgIpc) is 1.93. The summed E-state index contributed by atoms with van der Waals surface area (Å²) in [5, 5.41) is 0. The number of rotatable bonds is 3. The van der Waals surface area contributed by atoms with Crippen LogP contribution in [0.2, 0.25) is 0 Å². The highest BCUT2D eigenvalue weighted by molar-refractivity contribution is 4.41. The minimum atomic E-state index is 0. The molecule has 0 N–H and O–H groups in total. The lowest BCUT2D eigenvalue weighted by Crippen LogP contribution is -2.11. The maximum atomic E-state index is 4.87. The molecule has 74 valence electrons. The number of hydrogen-bond donors (Lipinski definition) is 0. The molecule has 0 aromatic carbocycles. The van der Waals surface area contributed by atoms with E-state index in [1.807, 2.05) is 20.8 Å². The summed E-state index contributed by atoms with van der Waals surface area (Å²) in [5.41, 5.74) is 0. The van der Waals surface area contributed by atoms with E-state index in [0.717, 1.165) is 0 Å². The van der Waals surface area contributed by atoms with Crippen LogP contribution >= 0.6 is 0 Å². The Balaban J connectivity index is -0.0000000564. The van der Waals surface area contributed by atoms with Crippen molar-refractivity contribution >= 4 is 0 Å². The topological polar surface area (TPSA) is 18.5 Å². The van der Waals surface area contributed by atoms with Gasteiger partial charge in [-0.25, -0.2) is 0 Å². The molecule has 0 aromatic heterocycles. The Hall–Kier alpha value is -0.0800. The molecule has 0 saturated heterocycles. The quantitative estimate of drug-likeness (QED) is 0.641. The summed E-state index contributed by atoms with van der Waals surface area (Å²) >= 11 is 0. The van der Waals surface area contributed by atoms with Crippen molar-refractivity contribution in [2.24, 2.45) is 0 Å². The monoisotopic (exact) mass is 166 g/mol. The third kappa shape index (κ3) is 25.7. The number of hydrogen-bond acceptors (Lipinski definition) is 2. The minimum Gasteiger partial charge on any atom is -0.382 e. The van der Waals surface area contributed by atoms with Crippen LogP contribution in [0.25, 0.3) is 0 Å². The molecule has 0 heterocycles. The molecule has 0 spiro atoms. The van der Waals surface area contributed by atoms with Crippen molar-refractivity contribution in [3.63, 3.8) is 0 Å². The van der Waals surface area contributed by atoms with Crippen molar-refractivity contribution in [3.8, 4) is 0 Å². The molecule has 0 bridgehead atoms. The smallest absolute Gasteiger partial charge is 0.0776 e. The number of methoxy groups -OCH3 is 2. The van der Waals surface area contributed by atoms with Crippen LogP contribution in [-0.4, -0.2) is 26.9 Å². The molecular weight excluding hydrogens is 140 g/mol. The Kier molecular flexibility index (Phi) is 45.9. The largest absolute Gasteiger partial charge is 0.382 e. The first-order valence-corrected chi connectivity index (χ1v) is 3.33. The van der Waals surface area contributed by atoms with E-state index in [9.17, 15) is 0 Å². The molecule has 2 nitrogen and oxygen atoms in total. The van der Waals surface area contributed by atoms with Crippen molar-refractivity contribution in [1.82, 2.24) is 0 Å². The molecule has 0 rings (SSSR count). The highest BCUT2D eigenvalue weighted by atomic mass is 16.5. The highest BCUT2D eigenvalue weighted by Crippen LogP contribution is 1.84. The van der Waals surface area contributed by atoms with Gasteiger partial charge in [0.05, 0.1) is 12.7 Å². The molecule has 0 aliphatic heterocycles. The van der Waals surface area contributed by atoms with Gasteiger partial charge in [-0.3, -0.25) is 0 Å².